The molecule has 144 valence electrons. The predicted octanol–water partition coefficient (Wildman–Crippen LogP) is 1.33. The van der Waals surface area contributed by atoms with Crippen LogP contribution in [0, 0.1) is 5.82 Å². The number of nitrogens with one attached hydrogen (secondary N) is 2. The van der Waals surface area contributed by atoms with Gasteiger partial charge in [0.05, 0.1) is 25.6 Å². The van der Waals surface area contributed by atoms with Gasteiger partial charge in [-0.3, -0.25) is 9.69 Å². The molecular weight excluding hydrogens is 349 g/mol. The molecule has 1 aliphatic rings. The molecule has 1 fully saturated rings. The number of ether oxygens (including phenoxy) is 1. The molecular formula is C19H24FN5O2. The lowest BCUT2D eigenvalue weighted by Gasteiger charge is -2.26. The highest BCUT2D eigenvalue weighted by molar-refractivity contribution is 5.91. The first-order valence-electron chi connectivity index (χ1n) is 9.10. The van der Waals surface area contributed by atoms with Crippen LogP contribution in [0.5, 0.6) is 0 Å². The maximum atomic E-state index is 13.6. The third-order valence-electron chi connectivity index (χ3n) is 4.36. The average Bonchev–Trinajstić information content (AvgIpc) is 2.71. The van der Waals surface area contributed by atoms with Crippen molar-refractivity contribution in [2.75, 3.05) is 51.3 Å². The van der Waals surface area contributed by atoms with E-state index in [1.54, 1.807) is 24.4 Å². The third kappa shape index (κ3) is 5.97. The largest absolute Gasteiger partial charge is 0.379 e. The number of carbonyl (C=O) groups is 1. The maximum Gasteiger partial charge on any atom is 0.271 e. The fourth-order valence-corrected chi connectivity index (χ4v) is 2.81. The van der Waals surface area contributed by atoms with Gasteiger partial charge in [0.25, 0.3) is 5.91 Å². The number of benzene rings is 1. The summed E-state index contributed by atoms with van der Waals surface area (Å²) in [6.07, 6.45) is 3.41. The zero-order valence-electron chi connectivity index (χ0n) is 15.2. The van der Waals surface area contributed by atoms with Crippen LogP contribution in [-0.4, -0.2) is 66.7 Å². The van der Waals surface area contributed by atoms with Gasteiger partial charge >= 0.3 is 0 Å². The summed E-state index contributed by atoms with van der Waals surface area (Å²) in [5.74, 6) is 0.0453. The Labute approximate surface area is 158 Å². The third-order valence-corrected chi connectivity index (χ3v) is 4.36. The minimum Gasteiger partial charge on any atom is -0.379 e. The van der Waals surface area contributed by atoms with Gasteiger partial charge in [0, 0.05) is 32.7 Å². The lowest BCUT2D eigenvalue weighted by molar-refractivity contribution is 0.0398. The molecule has 0 unspecified atom stereocenters. The van der Waals surface area contributed by atoms with Gasteiger partial charge in [0.1, 0.15) is 17.3 Å². The topological polar surface area (TPSA) is 79.4 Å². The molecule has 0 bridgehead atoms. The van der Waals surface area contributed by atoms with Crippen LogP contribution in [0.1, 0.15) is 16.1 Å². The van der Waals surface area contributed by atoms with Gasteiger partial charge in [0.2, 0.25) is 0 Å². The van der Waals surface area contributed by atoms with Crippen LogP contribution >= 0.6 is 0 Å². The van der Waals surface area contributed by atoms with E-state index in [9.17, 15) is 9.18 Å². The first kappa shape index (κ1) is 19.2. The van der Waals surface area contributed by atoms with Crippen molar-refractivity contribution < 1.29 is 13.9 Å². The summed E-state index contributed by atoms with van der Waals surface area (Å²) < 4.78 is 18.9. The fourth-order valence-electron chi connectivity index (χ4n) is 2.81. The van der Waals surface area contributed by atoms with Gasteiger partial charge in [-0.1, -0.05) is 18.2 Å². The highest BCUT2D eigenvalue weighted by Crippen LogP contribution is 2.06. The number of morpholine rings is 1. The van der Waals surface area contributed by atoms with E-state index in [1.165, 1.54) is 12.3 Å². The molecule has 3 rings (SSSR count). The second kappa shape index (κ2) is 9.94. The van der Waals surface area contributed by atoms with Gasteiger partial charge in [0.15, 0.2) is 0 Å². The molecule has 0 saturated carbocycles. The summed E-state index contributed by atoms with van der Waals surface area (Å²) >= 11 is 0. The van der Waals surface area contributed by atoms with Gasteiger partial charge in [-0.15, -0.1) is 0 Å². The Morgan fingerprint density at radius 3 is 2.70 bits per heavy atom. The van der Waals surface area contributed by atoms with Crippen molar-refractivity contribution in [2.45, 2.75) is 6.42 Å². The highest BCUT2D eigenvalue weighted by Gasteiger charge is 2.10. The number of halogens is 1. The number of hydrogen-bond donors (Lipinski definition) is 2. The van der Waals surface area contributed by atoms with Crippen molar-refractivity contribution in [1.82, 2.24) is 20.2 Å². The average molecular weight is 373 g/mol. The zero-order chi connectivity index (χ0) is 18.9. The van der Waals surface area contributed by atoms with Crippen molar-refractivity contribution in [3.8, 4) is 0 Å². The fraction of sp³-hybridized carbons (Fsp3) is 0.421. The van der Waals surface area contributed by atoms with Gasteiger partial charge in [-0.25, -0.2) is 14.4 Å². The van der Waals surface area contributed by atoms with Gasteiger partial charge in [-0.2, -0.15) is 0 Å². The van der Waals surface area contributed by atoms with E-state index in [4.69, 9.17) is 4.74 Å². The molecule has 1 aliphatic heterocycles. The molecule has 2 aromatic rings. The Morgan fingerprint density at radius 2 is 1.96 bits per heavy atom. The van der Waals surface area contributed by atoms with E-state index >= 15 is 0 Å². The molecule has 7 nitrogen and oxygen atoms in total. The second-order valence-electron chi connectivity index (χ2n) is 6.26. The summed E-state index contributed by atoms with van der Waals surface area (Å²) in [4.78, 5) is 22.8. The van der Waals surface area contributed by atoms with E-state index in [0.717, 1.165) is 39.4 Å². The monoisotopic (exact) mass is 373 g/mol. The lowest BCUT2D eigenvalue weighted by Crippen LogP contribution is -2.39. The number of hydrogen-bond acceptors (Lipinski definition) is 6. The first-order chi connectivity index (χ1) is 13.2. The molecule has 0 spiro atoms. The summed E-state index contributed by atoms with van der Waals surface area (Å²) in [5.41, 5.74) is 0.811. The summed E-state index contributed by atoms with van der Waals surface area (Å²) in [7, 11) is 0. The van der Waals surface area contributed by atoms with Crippen molar-refractivity contribution in [1.29, 1.82) is 0 Å². The van der Waals surface area contributed by atoms with E-state index < -0.39 is 0 Å². The first-order valence-corrected chi connectivity index (χ1v) is 9.10. The molecule has 2 heterocycles. The summed E-state index contributed by atoms with van der Waals surface area (Å²) in [5, 5.41) is 5.93. The van der Waals surface area contributed by atoms with Crippen LogP contribution in [0.4, 0.5) is 10.2 Å². The Bertz CT molecular complexity index is 735. The number of carbonyl (C=O) groups excluding carboxylic acids is 1. The Balaban J connectivity index is 1.39. The Morgan fingerprint density at radius 1 is 1.15 bits per heavy atom. The number of rotatable bonds is 8. The van der Waals surface area contributed by atoms with Crippen LogP contribution in [0.25, 0.3) is 0 Å². The van der Waals surface area contributed by atoms with Crippen LogP contribution in [0.15, 0.2) is 36.7 Å². The highest BCUT2D eigenvalue weighted by atomic mass is 19.1. The summed E-state index contributed by atoms with van der Waals surface area (Å²) in [6, 6.07) is 6.53. The lowest BCUT2D eigenvalue weighted by atomic mass is 10.1. The molecule has 1 saturated heterocycles. The maximum absolute atomic E-state index is 13.6. The smallest absolute Gasteiger partial charge is 0.271 e. The number of amides is 1. The van der Waals surface area contributed by atoms with E-state index in [-0.39, 0.29) is 17.4 Å². The molecule has 2 N–H and O–H groups in total. The predicted molar refractivity (Wildman–Crippen MR) is 100 cm³/mol. The van der Waals surface area contributed by atoms with Crippen molar-refractivity contribution in [2.24, 2.45) is 0 Å². The minimum atomic E-state index is -0.321. The molecule has 1 aromatic carbocycles. The molecule has 0 radical (unpaired) electrons. The van der Waals surface area contributed by atoms with Crippen LogP contribution in [-0.2, 0) is 11.2 Å². The van der Waals surface area contributed by atoms with Gasteiger partial charge in [-0.05, 0) is 18.1 Å². The zero-order valence-corrected chi connectivity index (χ0v) is 15.2. The molecule has 0 atom stereocenters. The van der Waals surface area contributed by atoms with E-state index in [2.05, 4.69) is 25.5 Å². The van der Waals surface area contributed by atoms with E-state index in [0.29, 0.717) is 24.3 Å². The molecule has 1 amide bonds. The molecule has 1 aromatic heterocycles. The van der Waals surface area contributed by atoms with Crippen LogP contribution in [0.2, 0.25) is 0 Å². The number of nitrogens with zero attached hydrogens (tertiary/aromatic N) is 3. The molecule has 27 heavy (non-hydrogen) atoms. The normalized spacial score (nSPS) is 14.7. The summed E-state index contributed by atoms with van der Waals surface area (Å²) in [6.45, 7) is 5.44. The SMILES string of the molecule is O=C(NCCc1ccccc1F)c1cnc(NCCN2CCOCC2)cn1. The number of aromatic nitrogens is 2. The second-order valence-corrected chi connectivity index (χ2v) is 6.26. The quantitative estimate of drug-likeness (QED) is 0.727. The van der Waals surface area contributed by atoms with Crippen LogP contribution < -0.4 is 10.6 Å². The van der Waals surface area contributed by atoms with Crippen molar-refractivity contribution in [3.05, 3.63) is 53.7 Å². The Kier molecular flexibility index (Phi) is 7.06. The van der Waals surface area contributed by atoms with Crippen LogP contribution in [0.3, 0.4) is 0 Å². The molecule has 0 aliphatic carbocycles. The Hall–Kier alpha value is -2.58. The van der Waals surface area contributed by atoms with Crippen molar-refractivity contribution >= 4 is 11.7 Å². The molecule has 8 heteroatoms. The standard InChI is InChI=1S/C19H24FN5O2/c20-16-4-2-1-3-15(16)5-6-22-19(26)17-13-24-18(14-23-17)21-7-8-25-9-11-27-12-10-25/h1-4,13-14H,5-12H2,(H,21,24)(H,22,26). The minimum absolute atomic E-state index is 0.238. The number of anilines is 1. The van der Waals surface area contributed by atoms with Crippen molar-refractivity contribution in [3.63, 3.8) is 0 Å². The van der Waals surface area contributed by atoms with Gasteiger partial charge < -0.3 is 15.4 Å². The van der Waals surface area contributed by atoms with E-state index in [1.807, 2.05) is 0 Å².